The van der Waals surface area contributed by atoms with Gasteiger partial charge in [0.15, 0.2) is 0 Å². The van der Waals surface area contributed by atoms with E-state index in [4.69, 9.17) is 4.42 Å². The van der Waals surface area contributed by atoms with Crippen molar-refractivity contribution in [2.75, 3.05) is 0 Å². The molecule has 0 saturated heterocycles. The maximum atomic E-state index is 10.9. The van der Waals surface area contributed by atoms with E-state index in [-0.39, 0.29) is 5.78 Å². The lowest BCUT2D eigenvalue weighted by molar-refractivity contribution is -0.116. The largest absolute Gasteiger partial charge is 0.465 e. The Hall–Kier alpha value is -1.05. The topological polar surface area (TPSA) is 30.2 Å². The normalized spacial score (nSPS) is 17.9. The van der Waals surface area contributed by atoms with Crippen LogP contribution in [0.25, 0.3) is 0 Å². The van der Waals surface area contributed by atoms with Crippen molar-refractivity contribution in [1.29, 1.82) is 0 Å². The van der Waals surface area contributed by atoms with Gasteiger partial charge in [0.25, 0.3) is 0 Å². The second-order valence-electron chi connectivity index (χ2n) is 4.52. The summed E-state index contributed by atoms with van der Waals surface area (Å²) in [6.45, 7) is 1.60. The van der Waals surface area contributed by atoms with Crippen LogP contribution in [0.4, 0.5) is 0 Å². The molecule has 1 saturated carbocycles. The van der Waals surface area contributed by atoms with Crippen LogP contribution < -0.4 is 0 Å². The zero-order valence-corrected chi connectivity index (χ0v) is 9.29. The van der Waals surface area contributed by atoms with Crippen molar-refractivity contribution in [3.05, 3.63) is 23.7 Å². The first-order chi connectivity index (χ1) is 7.25. The van der Waals surface area contributed by atoms with Crippen LogP contribution in [0.15, 0.2) is 16.5 Å². The highest BCUT2D eigenvalue weighted by Crippen LogP contribution is 2.33. The molecule has 0 N–H and O–H groups in total. The second-order valence-corrected chi connectivity index (χ2v) is 4.52. The molecule has 0 bridgehead atoms. The van der Waals surface area contributed by atoms with Crippen molar-refractivity contribution < 1.29 is 9.21 Å². The van der Waals surface area contributed by atoms with Crippen LogP contribution in [0.1, 0.15) is 56.5 Å². The average molecular weight is 206 g/mol. The quantitative estimate of drug-likeness (QED) is 0.758. The van der Waals surface area contributed by atoms with Crippen molar-refractivity contribution >= 4 is 5.78 Å². The Morgan fingerprint density at radius 1 is 1.33 bits per heavy atom. The number of furan rings is 1. The predicted octanol–water partition coefficient (Wildman–Crippen LogP) is 3.46. The minimum Gasteiger partial charge on any atom is -0.465 e. The van der Waals surface area contributed by atoms with Gasteiger partial charge in [0.1, 0.15) is 17.3 Å². The molecule has 2 heteroatoms. The van der Waals surface area contributed by atoms with Gasteiger partial charge in [-0.05, 0) is 31.9 Å². The number of rotatable bonds is 3. The number of carbonyl (C=O) groups excluding carboxylic acids is 1. The van der Waals surface area contributed by atoms with Gasteiger partial charge in [-0.3, -0.25) is 4.79 Å². The van der Waals surface area contributed by atoms with Crippen molar-refractivity contribution in [1.82, 2.24) is 0 Å². The van der Waals surface area contributed by atoms with Crippen LogP contribution in [-0.2, 0) is 11.2 Å². The van der Waals surface area contributed by atoms with Gasteiger partial charge in [0.2, 0.25) is 0 Å². The van der Waals surface area contributed by atoms with Gasteiger partial charge in [0.05, 0.1) is 6.42 Å². The third kappa shape index (κ3) is 2.71. The monoisotopic (exact) mass is 206 g/mol. The molecule has 0 atom stereocenters. The third-order valence-corrected chi connectivity index (χ3v) is 3.11. The zero-order valence-electron chi connectivity index (χ0n) is 9.29. The Morgan fingerprint density at radius 3 is 2.73 bits per heavy atom. The molecular formula is C13H18O2. The first-order valence-electron chi connectivity index (χ1n) is 5.84. The number of Topliss-reactive ketones (excluding diaryl/α,β-unsaturated/α-hetero) is 1. The molecule has 0 amide bonds. The highest BCUT2D eigenvalue weighted by Gasteiger charge is 2.18. The molecule has 1 heterocycles. The average Bonchev–Trinajstić information content (AvgIpc) is 2.67. The summed E-state index contributed by atoms with van der Waals surface area (Å²) in [5.74, 6) is 2.67. The lowest BCUT2D eigenvalue weighted by atomic mass is 9.88. The Kier molecular flexibility index (Phi) is 3.24. The Balaban J connectivity index is 2.02. The van der Waals surface area contributed by atoms with Gasteiger partial charge in [-0.1, -0.05) is 19.3 Å². The molecule has 1 aliphatic rings. The van der Waals surface area contributed by atoms with Crippen LogP contribution in [-0.4, -0.2) is 5.78 Å². The lowest BCUT2D eigenvalue weighted by Crippen LogP contribution is -2.03. The number of hydrogen-bond acceptors (Lipinski definition) is 2. The standard InChI is InChI=1S/C13H18O2/c1-10(14)9-12-7-8-13(15-12)11-5-3-2-4-6-11/h7-8,11H,2-6,9H2,1H3. The van der Waals surface area contributed by atoms with E-state index in [9.17, 15) is 4.79 Å². The molecule has 15 heavy (non-hydrogen) atoms. The number of hydrogen-bond donors (Lipinski definition) is 0. The van der Waals surface area contributed by atoms with Crippen molar-refractivity contribution in [3.63, 3.8) is 0 Å². The number of ketones is 1. The molecule has 1 aromatic heterocycles. The molecule has 1 fully saturated rings. The van der Waals surface area contributed by atoms with E-state index in [2.05, 4.69) is 0 Å². The van der Waals surface area contributed by atoms with Gasteiger partial charge in [0, 0.05) is 5.92 Å². The first kappa shape index (κ1) is 10.5. The van der Waals surface area contributed by atoms with E-state index in [1.807, 2.05) is 12.1 Å². The fourth-order valence-electron chi connectivity index (χ4n) is 2.34. The highest BCUT2D eigenvalue weighted by molar-refractivity contribution is 5.77. The van der Waals surface area contributed by atoms with Gasteiger partial charge in [-0.25, -0.2) is 0 Å². The van der Waals surface area contributed by atoms with Crippen LogP contribution >= 0.6 is 0 Å². The SMILES string of the molecule is CC(=O)Cc1ccc(C2CCCCC2)o1. The molecule has 0 aliphatic heterocycles. The van der Waals surface area contributed by atoms with Gasteiger partial charge in [-0.15, -0.1) is 0 Å². The van der Waals surface area contributed by atoms with Gasteiger partial charge >= 0.3 is 0 Å². The summed E-state index contributed by atoms with van der Waals surface area (Å²) in [5, 5.41) is 0. The van der Waals surface area contributed by atoms with Gasteiger partial charge < -0.3 is 4.42 Å². The van der Waals surface area contributed by atoms with E-state index in [1.54, 1.807) is 6.92 Å². The molecule has 2 rings (SSSR count). The summed E-state index contributed by atoms with van der Waals surface area (Å²) in [4.78, 5) is 10.9. The minimum absolute atomic E-state index is 0.166. The van der Waals surface area contributed by atoms with E-state index in [0.29, 0.717) is 12.3 Å². The predicted molar refractivity (Wildman–Crippen MR) is 58.9 cm³/mol. The highest BCUT2D eigenvalue weighted by atomic mass is 16.3. The van der Waals surface area contributed by atoms with Crippen molar-refractivity contribution in [2.45, 2.75) is 51.4 Å². The second kappa shape index (κ2) is 4.65. The molecular weight excluding hydrogens is 188 g/mol. The Bertz CT molecular complexity index is 332. The summed E-state index contributed by atoms with van der Waals surface area (Å²) < 4.78 is 5.71. The van der Waals surface area contributed by atoms with E-state index in [1.165, 1.54) is 32.1 Å². The Morgan fingerprint density at radius 2 is 2.07 bits per heavy atom. The van der Waals surface area contributed by atoms with Crippen molar-refractivity contribution in [3.8, 4) is 0 Å². The molecule has 0 aromatic carbocycles. The van der Waals surface area contributed by atoms with Crippen molar-refractivity contribution in [2.24, 2.45) is 0 Å². The fourth-order valence-corrected chi connectivity index (χ4v) is 2.34. The van der Waals surface area contributed by atoms with E-state index in [0.717, 1.165) is 11.5 Å². The first-order valence-corrected chi connectivity index (χ1v) is 5.84. The summed E-state index contributed by atoms with van der Waals surface area (Å²) >= 11 is 0. The third-order valence-electron chi connectivity index (χ3n) is 3.11. The molecule has 0 unspecified atom stereocenters. The molecule has 0 spiro atoms. The van der Waals surface area contributed by atoms with Crippen LogP contribution in [0.5, 0.6) is 0 Å². The minimum atomic E-state index is 0.166. The molecule has 82 valence electrons. The maximum absolute atomic E-state index is 10.9. The van der Waals surface area contributed by atoms with Crippen LogP contribution in [0.2, 0.25) is 0 Å². The maximum Gasteiger partial charge on any atom is 0.137 e. The smallest absolute Gasteiger partial charge is 0.137 e. The summed E-state index contributed by atoms with van der Waals surface area (Å²) in [7, 11) is 0. The molecule has 1 aromatic rings. The zero-order chi connectivity index (χ0) is 10.7. The van der Waals surface area contributed by atoms with Crippen LogP contribution in [0, 0.1) is 0 Å². The lowest BCUT2D eigenvalue weighted by Gasteiger charge is -2.19. The summed E-state index contributed by atoms with van der Waals surface area (Å²) in [6, 6.07) is 4.00. The summed E-state index contributed by atoms with van der Waals surface area (Å²) in [6.07, 6.45) is 6.91. The summed E-state index contributed by atoms with van der Waals surface area (Å²) in [5.41, 5.74) is 0. The van der Waals surface area contributed by atoms with Crippen LogP contribution in [0.3, 0.4) is 0 Å². The van der Waals surface area contributed by atoms with E-state index >= 15 is 0 Å². The Labute approximate surface area is 90.7 Å². The molecule has 0 radical (unpaired) electrons. The molecule has 2 nitrogen and oxygen atoms in total. The fraction of sp³-hybridized carbons (Fsp3) is 0.615. The molecule has 1 aliphatic carbocycles. The van der Waals surface area contributed by atoms with Gasteiger partial charge in [-0.2, -0.15) is 0 Å². The van der Waals surface area contributed by atoms with E-state index < -0.39 is 0 Å². The number of carbonyl (C=O) groups is 1.